The molecule has 1 fully saturated rings. The van der Waals surface area contributed by atoms with Gasteiger partial charge >= 0.3 is 0 Å². The monoisotopic (exact) mass is 543 g/mol. The van der Waals surface area contributed by atoms with Crippen molar-refractivity contribution in [1.29, 1.82) is 5.41 Å². The molecule has 0 bridgehead atoms. The number of hydrogen-bond acceptors (Lipinski definition) is 4. The molecule has 1 aliphatic heterocycles. The number of hydrogen-bond donors (Lipinski definition) is 2. The van der Waals surface area contributed by atoms with Crippen LogP contribution in [-0.4, -0.2) is 39.9 Å². The Balaban J connectivity index is 0.00000181. The summed E-state index contributed by atoms with van der Waals surface area (Å²) in [5, 5.41) is 11.4. The quantitative estimate of drug-likeness (QED) is 0.120. The summed E-state index contributed by atoms with van der Waals surface area (Å²) in [5.41, 5.74) is 5.66. The molecule has 1 aromatic heterocycles. The van der Waals surface area contributed by atoms with Crippen LogP contribution in [0, 0.1) is 11.2 Å². The molecule has 3 aromatic carbocycles. The molecule has 0 spiro atoms. The molecule has 0 amide bonds. The van der Waals surface area contributed by atoms with Gasteiger partial charge in [0.1, 0.15) is 11.6 Å². The summed E-state index contributed by atoms with van der Waals surface area (Å²) in [4.78, 5) is 7.45. The summed E-state index contributed by atoms with van der Waals surface area (Å²) in [6, 6.07) is 20.9. The molecule has 5 rings (SSSR count). The van der Waals surface area contributed by atoms with Crippen molar-refractivity contribution in [2.75, 3.05) is 25.1 Å². The predicted octanol–water partition coefficient (Wildman–Crippen LogP) is 8.24. The Morgan fingerprint density at radius 1 is 1.00 bits per heavy atom. The van der Waals surface area contributed by atoms with Gasteiger partial charge in [-0.05, 0) is 87.7 Å². The fourth-order valence-electron chi connectivity index (χ4n) is 5.43. The van der Waals surface area contributed by atoms with Crippen LogP contribution in [-0.2, 0) is 13.1 Å². The molecular formula is C33H39F2N5. The van der Waals surface area contributed by atoms with Gasteiger partial charge in [0.15, 0.2) is 0 Å². The maximum Gasteiger partial charge on any atom is 0.146 e. The lowest BCUT2D eigenvalue weighted by atomic mass is 9.95. The van der Waals surface area contributed by atoms with Crippen LogP contribution in [0.2, 0.25) is 0 Å². The molecule has 7 heteroatoms. The Labute approximate surface area is 236 Å². The van der Waals surface area contributed by atoms with Crippen molar-refractivity contribution >= 4 is 28.1 Å². The third kappa shape index (κ3) is 6.83. The molecule has 2 N–H and O–H groups in total. The zero-order chi connectivity index (χ0) is 28.5. The molecular weight excluding hydrogens is 504 g/mol. The van der Waals surface area contributed by atoms with Crippen LogP contribution in [0.25, 0.3) is 11.0 Å². The van der Waals surface area contributed by atoms with Gasteiger partial charge in [0, 0.05) is 36.0 Å². The molecule has 40 heavy (non-hydrogen) atoms. The predicted molar refractivity (Wildman–Crippen MR) is 162 cm³/mol. The summed E-state index contributed by atoms with van der Waals surface area (Å²) in [6.45, 7) is 11.0. The van der Waals surface area contributed by atoms with E-state index in [0.717, 1.165) is 79.1 Å². The number of nitrogens with one attached hydrogen (secondary N) is 2. The smallest absolute Gasteiger partial charge is 0.146 e. The van der Waals surface area contributed by atoms with Crippen molar-refractivity contribution in [3.8, 4) is 0 Å². The van der Waals surface area contributed by atoms with Crippen molar-refractivity contribution in [3.63, 3.8) is 0 Å². The van der Waals surface area contributed by atoms with Crippen LogP contribution < -0.4 is 5.32 Å². The van der Waals surface area contributed by atoms with Crippen LogP contribution >= 0.6 is 0 Å². The highest BCUT2D eigenvalue weighted by atomic mass is 19.1. The molecule has 0 radical (unpaired) electrons. The number of nitrogens with zero attached hydrogens (tertiary/aromatic N) is 3. The van der Waals surface area contributed by atoms with E-state index in [2.05, 4.69) is 46.1 Å². The van der Waals surface area contributed by atoms with E-state index in [1.54, 1.807) is 25.1 Å². The minimum Gasteiger partial charge on any atom is -0.353 e. The van der Waals surface area contributed by atoms with Crippen LogP contribution in [0.3, 0.4) is 0 Å². The number of alkyl halides is 1. The number of halogens is 2. The third-order valence-corrected chi connectivity index (χ3v) is 7.44. The Bertz CT molecular complexity index is 1420. The molecule has 5 nitrogen and oxygen atoms in total. The number of benzene rings is 3. The number of unbranched alkanes of at least 4 members (excludes halogenated alkanes) is 1. The maximum atomic E-state index is 14.2. The number of fused-ring (bicyclic) bond motifs is 1. The molecule has 0 atom stereocenters. The molecule has 4 aromatic rings. The van der Waals surface area contributed by atoms with Crippen molar-refractivity contribution in [2.24, 2.45) is 0 Å². The van der Waals surface area contributed by atoms with E-state index in [0.29, 0.717) is 23.7 Å². The Morgan fingerprint density at radius 2 is 1.73 bits per heavy atom. The highest BCUT2D eigenvalue weighted by Gasteiger charge is 2.25. The average Bonchev–Trinajstić information content (AvgIpc) is 3.35. The second-order valence-electron chi connectivity index (χ2n) is 10.2. The van der Waals surface area contributed by atoms with Gasteiger partial charge in [0.25, 0.3) is 0 Å². The number of aromatic nitrogens is 2. The van der Waals surface area contributed by atoms with Gasteiger partial charge in [-0.25, -0.2) is 9.37 Å². The van der Waals surface area contributed by atoms with Gasteiger partial charge in [0.2, 0.25) is 0 Å². The van der Waals surface area contributed by atoms with E-state index in [1.165, 1.54) is 6.07 Å². The second kappa shape index (κ2) is 14.0. The van der Waals surface area contributed by atoms with E-state index >= 15 is 0 Å². The van der Waals surface area contributed by atoms with Crippen molar-refractivity contribution < 1.29 is 8.78 Å². The Kier molecular flexibility index (Phi) is 10.2. The van der Waals surface area contributed by atoms with Gasteiger partial charge in [0.05, 0.1) is 23.4 Å². The van der Waals surface area contributed by atoms with Gasteiger partial charge in [-0.3, -0.25) is 9.29 Å². The Hall–Kier alpha value is -3.84. The lowest BCUT2D eigenvalue weighted by Crippen LogP contribution is -2.33. The molecule has 1 aliphatic rings. The van der Waals surface area contributed by atoms with Crippen LogP contribution in [0.4, 0.5) is 20.2 Å². The first-order chi connectivity index (χ1) is 19.5. The van der Waals surface area contributed by atoms with E-state index < -0.39 is 0 Å². The zero-order valence-corrected chi connectivity index (χ0v) is 23.3. The first kappa shape index (κ1) is 29.2. The number of para-hydroxylation sites is 3. The average molecular weight is 544 g/mol. The summed E-state index contributed by atoms with van der Waals surface area (Å²) in [5.74, 6) is 1.20. The highest BCUT2D eigenvalue weighted by Crippen LogP contribution is 2.32. The summed E-state index contributed by atoms with van der Waals surface area (Å²) >= 11 is 0. The van der Waals surface area contributed by atoms with E-state index in [4.69, 9.17) is 10.4 Å². The number of anilines is 2. The topological polar surface area (TPSA) is 56.9 Å². The minimum atomic E-state index is -0.316. The lowest BCUT2D eigenvalue weighted by Gasteiger charge is -2.32. The Morgan fingerprint density at radius 3 is 2.45 bits per heavy atom. The van der Waals surface area contributed by atoms with Gasteiger partial charge in [-0.2, -0.15) is 0 Å². The lowest BCUT2D eigenvalue weighted by molar-refractivity contribution is 0.200. The first-order valence-electron chi connectivity index (χ1n) is 14.0. The SMILES string of the molecule is C=C.CC(=N)c1cc(CN2CCC(c3nc4ccccc4n3CCCCF)CC2)ccc1Nc1ccccc1F. The molecule has 0 aliphatic carbocycles. The maximum absolute atomic E-state index is 14.2. The normalized spacial score (nSPS) is 14.1. The van der Waals surface area contributed by atoms with Crippen LogP contribution in [0.1, 0.15) is 55.5 Å². The molecule has 2 heterocycles. The number of aryl methyl sites for hydroxylation is 1. The van der Waals surface area contributed by atoms with Crippen LogP contribution in [0.5, 0.6) is 0 Å². The van der Waals surface area contributed by atoms with E-state index in [9.17, 15) is 8.78 Å². The first-order valence-corrected chi connectivity index (χ1v) is 14.0. The molecule has 0 unspecified atom stereocenters. The molecule has 0 saturated carbocycles. The largest absolute Gasteiger partial charge is 0.353 e. The number of imidazole rings is 1. The number of piperidine rings is 1. The summed E-state index contributed by atoms with van der Waals surface area (Å²) < 4.78 is 29.2. The minimum absolute atomic E-state index is 0.278. The van der Waals surface area contributed by atoms with E-state index in [-0.39, 0.29) is 12.5 Å². The van der Waals surface area contributed by atoms with Gasteiger partial charge in [-0.1, -0.05) is 30.3 Å². The van der Waals surface area contributed by atoms with Gasteiger partial charge < -0.3 is 15.3 Å². The molecule has 1 saturated heterocycles. The van der Waals surface area contributed by atoms with Gasteiger partial charge in [-0.15, -0.1) is 13.2 Å². The number of likely N-dealkylation sites (tertiary alicyclic amines) is 1. The molecule has 210 valence electrons. The summed E-state index contributed by atoms with van der Waals surface area (Å²) in [6.07, 6.45) is 3.45. The standard InChI is InChI=1S/C31H35F2N5.C2H4/c1-22(34)25-20-23(12-13-27(25)35-28-9-3-2-8-26(28)33)21-37-18-14-24(15-19-37)31-36-29-10-4-5-11-30(29)38(31)17-7-6-16-32;1-2/h2-5,8-13,20,24,34-35H,6-7,14-19,21H2,1H3;1-2H2. The highest BCUT2D eigenvalue weighted by molar-refractivity contribution is 6.02. The van der Waals surface area contributed by atoms with E-state index in [1.807, 2.05) is 24.3 Å². The van der Waals surface area contributed by atoms with Crippen molar-refractivity contribution in [3.05, 3.63) is 103 Å². The third-order valence-electron chi connectivity index (χ3n) is 7.44. The second-order valence-corrected chi connectivity index (χ2v) is 10.2. The number of rotatable bonds is 10. The summed E-state index contributed by atoms with van der Waals surface area (Å²) in [7, 11) is 0. The van der Waals surface area contributed by atoms with Crippen molar-refractivity contribution in [2.45, 2.75) is 51.6 Å². The fourth-order valence-corrected chi connectivity index (χ4v) is 5.43. The zero-order valence-electron chi connectivity index (χ0n) is 23.3. The van der Waals surface area contributed by atoms with Crippen LogP contribution in [0.15, 0.2) is 79.9 Å². The van der Waals surface area contributed by atoms with Crippen molar-refractivity contribution in [1.82, 2.24) is 14.5 Å². The fraction of sp³-hybridized carbons (Fsp3) is 0.333.